The van der Waals surface area contributed by atoms with Gasteiger partial charge in [0.05, 0.1) is 18.4 Å². The Kier molecular flexibility index (Phi) is 5.73. The van der Waals surface area contributed by atoms with Crippen LogP contribution in [0.15, 0.2) is 61.4 Å². The zero-order chi connectivity index (χ0) is 22.8. The number of aryl methyl sites for hydroxylation is 1. The van der Waals surface area contributed by atoms with Crippen LogP contribution in [0.2, 0.25) is 0 Å². The molecule has 5 rings (SSSR count). The fraction of sp³-hybridized carbons (Fsp3) is 0.320. The quantitative estimate of drug-likeness (QED) is 0.507. The first-order valence-electron chi connectivity index (χ1n) is 11.3. The van der Waals surface area contributed by atoms with Gasteiger partial charge in [-0.05, 0) is 37.3 Å². The summed E-state index contributed by atoms with van der Waals surface area (Å²) in [4.78, 5) is 21.1. The average molecular weight is 442 g/mol. The number of hydrogen-bond acceptors (Lipinski definition) is 5. The maximum Gasteiger partial charge on any atom is 0.222 e. The van der Waals surface area contributed by atoms with Crippen molar-refractivity contribution in [2.45, 2.75) is 31.7 Å². The first-order chi connectivity index (χ1) is 16.1. The maximum absolute atomic E-state index is 11.9. The smallest absolute Gasteiger partial charge is 0.222 e. The van der Waals surface area contributed by atoms with Gasteiger partial charge in [0.1, 0.15) is 0 Å². The largest absolute Gasteiger partial charge is 0.359 e. The van der Waals surface area contributed by atoms with E-state index in [-0.39, 0.29) is 11.8 Å². The molecule has 0 unspecified atom stereocenters. The second-order valence-corrected chi connectivity index (χ2v) is 8.61. The summed E-state index contributed by atoms with van der Waals surface area (Å²) in [5, 5.41) is 11.6. The lowest BCUT2D eigenvalue weighted by Crippen LogP contribution is -2.31. The first kappa shape index (κ1) is 21.1. The second kappa shape index (κ2) is 8.97. The molecular formula is C25H27N7O. The molecule has 1 N–H and O–H groups in total. The Morgan fingerprint density at radius 1 is 0.879 bits per heavy atom. The molecule has 0 aliphatic heterocycles. The molecule has 1 aromatic carbocycles. The Morgan fingerprint density at radius 2 is 1.58 bits per heavy atom. The molecule has 8 heteroatoms. The van der Waals surface area contributed by atoms with Crippen molar-refractivity contribution in [1.82, 2.24) is 34.8 Å². The van der Waals surface area contributed by atoms with Gasteiger partial charge in [-0.2, -0.15) is 10.2 Å². The molecule has 0 bridgehead atoms. The highest BCUT2D eigenvalue weighted by Gasteiger charge is 2.27. The second-order valence-electron chi connectivity index (χ2n) is 8.61. The summed E-state index contributed by atoms with van der Waals surface area (Å²) in [6, 6.07) is 8.50. The van der Waals surface area contributed by atoms with E-state index in [1.807, 2.05) is 54.8 Å². The van der Waals surface area contributed by atoms with E-state index in [1.165, 1.54) is 0 Å². The van der Waals surface area contributed by atoms with Crippen molar-refractivity contribution >= 4 is 5.91 Å². The minimum absolute atomic E-state index is 0.124. The Labute approximate surface area is 192 Å². The monoisotopic (exact) mass is 441 g/mol. The standard InChI is InChI=1S/C25H27N7O/c1-26-25(33)17-6-8-23(9-7-17)32-16-22(14-30-32)20-11-27-24(28-12-20)19-5-3-4-18(10-19)21-13-29-31(2)15-21/h3-5,10-17,23H,6-9H2,1-2H3,(H,26,33)/t17-,23-. The molecule has 33 heavy (non-hydrogen) atoms. The van der Waals surface area contributed by atoms with Crippen LogP contribution in [-0.2, 0) is 11.8 Å². The summed E-state index contributed by atoms with van der Waals surface area (Å²) < 4.78 is 3.82. The number of benzene rings is 1. The summed E-state index contributed by atoms with van der Waals surface area (Å²) in [5.74, 6) is 0.959. The molecule has 1 aliphatic rings. The van der Waals surface area contributed by atoms with Crippen LogP contribution in [-0.4, -0.2) is 42.5 Å². The number of nitrogens with one attached hydrogen (secondary N) is 1. The highest BCUT2D eigenvalue weighted by Crippen LogP contribution is 2.33. The third-order valence-corrected chi connectivity index (χ3v) is 6.43. The van der Waals surface area contributed by atoms with Gasteiger partial charge in [0.25, 0.3) is 0 Å². The lowest BCUT2D eigenvalue weighted by atomic mass is 9.85. The summed E-state index contributed by atoms with van der Waals surface area (Å²) in [7, 11) is 3.62. The molecule has 4 aromatic rings. The van der Waals surface area contributed by atoms with Crippen molar-refractivity contribution in [2.24, 2.45) is 13.0 Å². The molecule has 1 saturated carbocycles. The van der Waals surface area contributed by atoms with E-state index < -0.39 is 0 Å². The summed E-state index contributed by atoms with van der Waals surface area (Å²) in [5.41, 5.74) is 5.05. The van der Waals surface area contributed by atoms with Crippen LogP contribution in [0.4, 0.5) is 0 Å². The number of carbonyl (C=O) groups excluding carboxylic acids is 1. The SMILES string of the molecule is CNC(=O)[C@H]1CC[C@H](n2cc(-c3cnc(-c4cccc(-c5cnn(C)c5)c4)nc3)cn2)CC1. The summed E-state index contributed by atoms with van der Waals surface area (Å²) >= 11 is 0. The zero-order valence-corrected chi connectivity index (χ0v) is 18.8. The molecule has 0 radical (unpaired) electrons. The number of amides is 1. The molecule has 0 atom stereocenters. The predicted octanol–water partition coefficient (Wildman–Crippen LogP) is 3.88. The minimum atomic E-state index is 0.124. The zero-order valence-electron chi connectivity index (χ0n) is 18.8. The molecule has 168 valence electrons. The molecule has 1 amide bonds. The minimum Gasteiger partial charge on any atom is -0.359 e. The molecule has 1 aliphatic carbocycles. The first-order valence-corrected chi connectivity index (χ1v) is 11.3. The van der Waals surface area contributed by atoms with Crippen LogP contribution >= 0.6 is 0 Å². The van der Waals surface area contributed by atoms with E-state index in [1.54, 1.807) is 11.7 Å². The number of hydrogen-bond donors (Lipinski definition) is 1. The third-order valence-electron chi connectivity index (χ3n) is 6.43. The molecular weight excluding hydrogens is 414 g/mol. The van der Waals surface area contributed by atoms with Crippen molar-refractivity contribution in [2.75, 3.05) is 7.05 Å². The lowest BCUT2D eigenvalue weighted by molar-refractivity contribution is -0.125. The fourth-order valence-corrected chi connectivity index (χ4v) is 4.53. The van der Waals surface area contributed by atoms with Crippen LogP contribution in [0, 0.1) is 5.92 Å². The fourth-order valence-electron chi connectivity index (χ4n) is 4.53. The Balaban J connectivity index is 1.29. The third kappa shape index (κ3) is 4.41. The normalized spacial score (nSPS) is 18.2. The van der Waals surface area contributed by atoms with E-state index in [0.717, 1.165) is 53.5 Å². The van der Waals surface area contributed by atoms with Crippen molar-refractivity contribution in [3.05, 3.63) is 61.4 Å². The van der Waals surface area contributed by atoms with E-state index >= 15 is 0 Å². The topological polar surface area (TPSA) is 90.5 Å². The van der Waals surface area contributed by atoms with E-state index in [9.17, 15) is 4.79 Å². The van der Waals surface area contributed by atoms with Crippen molar-refractivity contribution < 1.29 is 4.79 Å². The van der Waals surface area contributed by atoms with Crippen LogP contribution in [0.5, 0.6) is 0 Å². The van der Waals surface area contributed by atoms with Crippen molar-refractivity contribution in [3.63, 3.8) is 0 Å². The van der Waals surface area contributed by atoms with Gasteiger partial charge in [0.2, 0.25) is 5.91 Å². The van der Waals surface area contributed by atoms with Crippen molar-refractivity contribution in [1.29, 1.82) is 0 Å². The van der Waals surface area contributed by atoms with E-state index in [2.05, 4.69) is 43.8 Å². The maximum atomic E-state index is 11.9. The highest BCUT2D eigenvalue weighted by molar-refractivity contribution is 5.78. The number of aromatic nitrogens is 6. The molecule has 8 nitrogen and oxygen atoms in total. The number of nitrogens with zero attached hydrogens (tertiary/aromatic N) is 6. The summed E-state index contributed by atoms with van der Waals surface area (Å²) in [6.45, 7) is 0. The summed E-state index contributed by atoms with van der Waals surface area (Å²) in [6.07, 6.45) is 15.2. The van der Waals surface area contributed by atoms with Gasteiger partial charge in [-0.25, -0.2) is 9.97 Å². The molecule has 1 fully saturated rings. The molecule has 0 saturated heterocycles. The molecule has 3 heterocycles. The van der Waals surface area contributed by atoms with Gasteiger partial charge in [-0.3, -0.25) is 14.2 Å². The molecule has 3 aromatic heterocycles. The predicted molar refractivity (Wildman–Crippen MR) is 126 cm³/mol. The van der Waals surface area contributed by atoms with E-state index in [4.69, 9.17) is 0 Å². The van der Waals surface area contributed by atoms with Crippen LogP contribution in [0.1, 0.15) is 31.7 Å². The van der Waals surface area contributed by atoms with Gasteiger partial charge in [0, 0.05) is 67.1 Å². The Hall–Kier alpha value is -3.81. The van der Waals surface area contributed by atoms with Gasteiger partial charge < -0.3 is 5.32 Å². The Morgan fingerprint density at radius 3 is 2.27 bits per heavy atom. The van der Waals surface area contributed by atoms with Gasteiger partial charge >= 0.3 is 0 Å². The van der Waals surface area contributed by atoms with Gasteiger partial charge in [-0.15, -0.1) is 0 Å². The van der Waals surface area contributed by atoms with E-state index in [0.29, 0.717) is 11.9 Å². The molecule has 0 spiro atoms. The highest BCUT2D eigenvalue weighted by atomic mass is 16.1. The Bertz CT molecular complexity index is 1250. The van der Waals surface area contributed by atoms with Crippen LogP contribution in [0.25, 0.3) is 33.6 Å². The average Bonchev–Trinajstić information content (AvgIpc) is 3.54. The number of carbonyl (C=O) groups is 1. The van der Waals surface area contributed by atoms with Gasteiger partial charge in [-0.1, -0.05) is 18.2 Å². The lowest BCUT2D eigenvalue weighted by Gasteiger charge is -2.27. The van der Waals surface area contributed by atoms with Crippen LogP contribution in [0.3, 0.4) is 0 Å². The van der Waals surface area contributed by atoms with Crippen LogP contribution < -0.4 is 5.32 Å². The van der Waals surface area contributed by atoms with Gasteiger partial charge in [0.15, 0.2) is 5.82 Å². The number of rotatable bonds is 5. The van der Waals surface area contributed by atoms with Crippen molar-refractivity contribution in [3.8, 4) is 33.6 Å².